The van der Waals surface area contributed by atoms with Crippen LogP contribution in [0.25, 0.3) is 0 Å². The molecule has 2 rings (SSSR count). The summed E-state index contributed by atoms with van der Waals surface area (Å²) in [5, 5.41) is 8.09. The van der Waals surface area contributed by atoms with E-state index in [1.807, 2.05) is 17.8 Å². The van der Waals surface area contributed by atoms with Crippen molar-refractivity contribution in [2.75, 3.05) is 0 Å². The third-order valence-corrected chi connectivity index (χ3v) is 3.64. The average Bonchev–Trinajstić information content (AvgIpc) is 2.70. The maximum Gasteiger partial charge on any atom is 0.0722 e. The quantitative estimate of drug-likeness (QED) is 0.921. The molecule has 0 aliphatic heterocycles. The van der Waals surface area contributed by atoms with Gasteiger partial charge in [0, 0.05) is 41.8 Å². The molecular formula is C16H22BrN3. The van der Waals surface area contributed by atoms with Crippen molar-refractivity contribution in [3.8, 4) is 0 Å². The minimum atomic E-state index is 0.0774. The van der Waals surface area contributed by atoms with Crippen LogP contribution in [0, 0.1) is 0 Å². The molecule has 1 heterocycles. The SMILES string of the molecule is Cn1cc(CNCc2cccc(Br)c2)c(C(C)(C)C)n1. The van der Waals surface area contributed by atoms with Gasteiger partial charge in [-0.05, 0) is 17.7 Å². The molecule has 3 nitrogen and oxygen atoms in total. The zero-order valence-corrected chi connectivity index (χ0v) is 14.2. The van der Waals surface area contributed by atoms with E-state index in [4.69, 9.17) is 0 Å². The predicted octanol–water partition coefficient (Wildman–Crippen LogP) is 3.77. The van der Waals surface area contributed by atoms with Crippen molar-refractivity contribution >= 4 is 15.9 Å². The van der Waals surface area contributed by atoms with Crippen LogP contribution in [0.2, 0.25) is 0 Å². The van der Waals surface area contributed by atoms with Gasteiger partial charge in [-0.25, -0.2) is 0 Å². The van der Waals surface area contributed by atoms with Crippen molar-refractivity contribution in [1.82, 2.24) is 15.1 Å². The normalized spacial score (nSPS) is 11.8. The Morgan fingerprint density at radius 3 is 2.65 bits per heavy atom. The second kappa shape index (κ2) is 6.10. The minimum absolute atomic E-state index is 0.0774. The van der Waals surface area contributed by atoms with Crippen LogP contribution in [0.4, 0.5) is 0 Å². The van der Waals surface area contributed by atoms with E-state index < -0.39 is 0 Å². The van der Waals surface area contributed by atoms with Crippen molar-refractivity contribution in [1.29, 1.82) is 0 Å². The van der Waals surface area contributed by atoms with Gasteiger partial charge in [-0.3, -0.25) is 4.68 Å². The highest BCUT2D eigenvalue weighted by atomic mass is 79.9. The summed E-state index contributed by atoms with van der Waals surface area (Å²) in [6.07, 6.45) is 2.11. The zero-order valence-electron chi connectivity index (χ0n) is 12.6. The fraction of sp³-hybridized carbons (Fsp3) is 0.438. The van der Waals surface area contributed by atoms with Crippen LogP contribution in [-0.4, -0.2) is 9.78 Å². The average molecular weight is 336 g/mol. The molecular weight excluding hydrogens is 314 g/mol. The summed E-state index contributed by atoms with van der Waals surface area (Å²) in [6, 6.07) is 8.38. The largest absolute Gasteiger partial charge is 0.308 e. The lowest BCUT2D eigenvalue weighted by Gasteiger charge is -2.17. The first-order valence-corrected chi connectivity index (χ1v) is 7.64. The van der Waals surface area contributed by atoms with Gasteiger partial charge in [-0.1, -0.05) is 48.8 Å². The van der Waals surface area contributed by atoms with E-state index in [1.54, 1.807) is 0 Å². The summed E-state index contributed by atoms with van der Waals surface area (Å²) in [6.45, 7) is 8.30. The van der Waals surface area contributed by atoms with Gasteiger partial charge in [-0.15, -0.1) is 0 Å². The van der Waals surface area contributed by atoms with Crippen LogP contribution < -0.4 is 5.32 Å². The minimum Gasteiger partial charge on any atom is -0.308 e. The Labute approximate surface area is 129 Å². The topological polar surface area (TPSA) is 29.9 Å². The van der Waals surface area contributed by atoms with Crippen LogP contribution in [-0.2, 0) is 25.6 Å². The Balaban J connectivity index is 2.01. The van der Waals surface area contributed by atoms with Crippen LogP contribution in [0.1, 0.15) is 37.6 Å². The monoisotopic (exact) mass is 335 g/mol. The molecule has 0 spiro atoms. The smallest absolute Gasteiger partial charge is 0.0722 e. The number of benzene rings is 1. The molecule has 0 saturated carbocycles. The Kier molecular flexibility index (Phi) is 4.66. The molecule has 0 saturated heterocycles. The molecule has 108 valence electrons. The molecule has 0 aliphatic rings. The molecule has 0 atom stereocenters. The lowest BCUT2D eigenvalue weighted by molar-refractivity contribution is 0.543. The summed E-state index contributed by atoms with van der Waals surface area (Å²) in [7, 11) is 1.98. The lowest BCUT2D eigenvalue weighted by atomic mass is 9.89. The maximum absolute atomic E-state index is 4.59. The highest BCUT2D eigenvalue weighted by Crippen LogP contribution is 2.24. The predicted molar refractivity (Wildman–Crippen MR) is 86.6 cm³/mol. The molecule has 20 heavy (non-hydrogen) atoms. The number of halogens is 1. The van der Waals surface area contributed by atoms with Crippen molar-refractivity contribution in [3.05, 3.63) is 51.8 Å². The van der Waals surface area contributed by atoms with E-state index in [2.05, 4.69) is 71.5 Å². The molecule has 1 N–H and O–H groups in total. The maximum atomic E-state index is 4.59. The molecule has 0 unspecified atom stereocenters. The van der Waals surface area contributed by atoms with Crippen molar-refractivity contribution in [2.45, 2.75) is 39.3 Å². The Morgan fingerprint density at radius 1 is 1.25 bits per heavy atom. The zero-order chi connectivity index (χ0) is 14.8. The summed E-state index contributed by atoms with van der Waals surface area (Å²) in [4.78, 5) is 0. The summed E-state index contributed by atoms with van der Waals surface area (Å²) in [5.74, 6) is 0. The van der Waals surface area contributed by atoms with Crippen LogP contribution in [0.15, 0.2) is 34.9 Å². The molecule has 0 amide bonds. The van der Waals surface area contributed by atoms with Gasteiger partial charge >= 0.3 is 0 Å². The standard InChI is InChI=1S/C16H22BrN3/c1-16(2,3)15-13(11-20(4)19-15)10-18-9-12-6-5-7-14(17)8-12/h5-8,11,18H,9-10H2,1-4H3. The number of rotatable bonds is 4. The van der Waals surface area contributed by atoms with Crippen LogP contribution in [0.5, 0.6) is 0 Å². The van der Waals surface area contributed by atoms with E-state index in [0.29, 0.717) is 0 Å². The molecule has 0 aliphatic carbocycles. The number of hydrogen-bond donors (Lipinski definition) is 1. The van der Waals surface area contributed by atoms with Gasteiger partial charge in [0.05, 0.1) is 5.69 Å². The Bertz CT molecular complexity index is 582. The van der Waals surface area contributed by atoms with E-state index in [9.17, 15) is 0 Å². The summed E-state index contributed by atoms with van der Waals surface area (Å²) < 4.78 is 3.02. The van der Waals surface area contributed by atoms with Crippen molar-refractivity contribution < 1.29 is 0 Å². The van der Waals surface area contributed by atoms with Crippen molar-refractivity contribution in [2.24, 2.45) is 7.05 Å². The van der Waals surface area contributed by atoms with Crippen LogP contribution in [0.3, 0.4) is 0 Å². The summed E-state index contributed by atoms with van der Waals surface area (Å²) in [5.41, 5.74) is 3.80. The second-order valence-corrected chi connectivity index (χ2v) is 7.08. The highest BCUT2D eigenvalue weighted by molar-refractivity contribution is 9.10. The fourth-order valence-electron chi connectivity index (χ4n) is 2.29. The molecule has 0 fully saturated rings. The van der Waals surface area contributed by atoms with Crippen molar-refractivity contribution in [3.63, 3.8) is 0 Å². The van der Waals surface area contributed by atoms with Gasteiger partial charge in [-0.2, -0.15) is 5.10 Å². The first kappa shape index (κ1) is 15.3. The second-order valence-electron chi connectivity index (χ2n) is 6.16. The fourth-order valence-corrected chi connectivity index (χ4v) is 2.73. The van der Waals surface area contributed by atoms with Gasteiger partial charge in [0.1, 0.15) is 0 Å². The third-order valence-electron chi connectivity index (χ3n) is 3.15. The van der Waals surface area contributed by atoms with E-state index >= 15 is 0 Å². The Hall–Kier alpha value is -1.13. The molecule has 0 bridgehead atoms. The highest BCUT2D eigenvalue weighted by Gasteiger charge is 2.21. The molecule has 0 radical (unpaired) electrons. The lowest BCUT2D eigenvalue weighted by Crippen LogP contribution is -2.19. The summed E-state index contributed by atoms with van der Waals surface area (Å²) >= 11 is 3.50. The van der Waals surface area contributed by atoms with E-state index in [-0.39, 0.29) is 5.41 Å². The molecule has 1 aromatic heterocycles. The van der Waals surface area contributed by atoms with E-state index in [1.165, 1.54) is 16.8 Å². The molecule has 2 aromatic rings. The number of nitrogens with one attached hydrogen (secondary N) is 1. The third kappa shape index (κ3) is 3.93. The molecule has 4 heteroatoms. The Morgan fingerprint density at radius 2 is 2.00 bits per heavy atom. The number of hydrogen-bond acceptors (Lipinski definition) is 2. The van der Waals surface area contributed by atoms with E-state index in [0.717, 1.165) is 17.6 Å². The molecule has 1 aromatic carbocycles. The van der Waals surface area contributed by atoms with Gasteiger partial charge < -0.3 is 5.32 Å². The number of nitrogens with zero attached hydrogens (tertiary/aromatic N) is 2. The van der Waals surface area contributed by atoms with Crippen LogP contribution >= 0.6 is 15.9 Å². The van der Waals surface area contributed by atoms with Gasteiger partial charge in [0.2, 0.25) is 0 Å². The number of aryl methyl sites for hydroxylation is 1. The van der Waals surface area contributed by atoms with Gasteiger partial charge in [0.25, 0.3) is 0 Å². The first-order chi connectivity index (χ1) is 9.36. The number of aromatic nitrogens is 2. The van der Waals surface area contributed by atoms with Gasteiger partial charge in [0.15, 0.2) is 0 Å². The first-order valence-electron chi connectivity index (χ1n) is 6.84.